The molecule has 6 heteroatoms. The first-order valence-electron chi connectivity index (χ1n) is 5.66. The van der Waals surface area contributed by atoms with Gasteiger partial charge in [-0.3, -0.25) is 4.40 Å². The molecule has 0 amide bonds. The van der Waals surface area contributed by atoms with Gasteiger partial charge >= 0.3 is 0 Å². The molecule has 96 valence electrons. The van der Waals surface area contributed by atoms with E-state index in [4.69, 9.17) is 10.5 Å². The molecule has 0 aliphatic heterocycles. The monoisotopic (exact) mass is 258 g/mol. The van der Waals surface area contributed by atoms with Crippen molar-refractivity contribution in [3.63, 3.8) is 0 Å². The first-order chi connectivity index (χ1) is 9.13. The van der Waals surface area contributed by atoms with E-state index in [2.05, 4.69) is 9.97 Å². The second-order valence-corrected chi connectivity index (χ2v) is 4.14. The maximum Gasteiger partial charge on any atom is 0.265 e. The van der Waals surface area contributed by atoms with Crippen LogP contribution in [0.2, 0.25) is 0 Å². The van der Waals surface area contributed by atoms with Crippen LogP contribution in [0.25, 0.3) is 5.65 Å². The number of rotatable bonds is 2. The third-order valence-electron chi connectivity index (χ3n) is 2.72. The second kappa shape index (κ2) is 4.24. The van der Waals surface area contributed by atoms with Gasteiger partial charge in [0, 0.05) is 18.5 Å². The van der Waals surface area contributed by atoms with Gasteiger partial charge in [0.2, 0.25) is 5.65 Å². The van der Waals surface area contributed by atoms with Crippen molar-refractivity contribution < 1.29 is 9.13 Å². The summed E-state index contributed by atoms with van der Waals surface area (Å²) in [6, 6.07) is 4.61. The number of nitrogen functional groups attached to an aromatic ring is 1. The first-order valence-corrected chi connectivity index (χ1v) is 5.66. The molecule has 0 fully saturated rings. The molecule has 5 nitrogen and oxygen atoms in total. The molecule has 0 bridgehead atoms. The Kier molecular flexibility index (Phi) is 2.56. The number of anilines is 1. The SMILES string of the molecule is Cc1ccc(Oc2nc(N)cn3ccnc23)cc1F. The van der Waals surface area contributed by atoms with Crippen LogP contribution in [0.1, 0.15) is 5.56 Å². The summed E-state index contributed by atoms with van der Waals surface area (Å²) in [7, 11) is 0. The Hall–Kier alpha value is -2.63. The molecule has 0 unspecified atom stereocenters. The lowest BCUT2D eigenvalue weighted by Crippen LogP contribution is -1.99. The predicted octanol–water partition coefficient (Wildman–Crippen LogP) is 2.55. The summed E-state index contributed by atoms with van der Waals surface area (Å²) in [5, 5.41) is 0. The Labute approximate surface area is 108 Å². The van der Waals surface area contributed by atoms with Crippen molar-refractivity contribution >= 4 is 11.5 Å². The highest BCUT2D eigenvalue weighted by Crippen LogP contribution is 2.25. The zero-order valence-corrected chi connectivity index (χ0v) is 10.2. The normalized spacial score (nSPS) is 10.8. The number of aryl methyl sites for hydroxylation is 1. The molecule has 0 aliphatic rings. The Balaban J connectivity index is 2.04. The zero-order chi connectivity index (χ0) is 13.4. The predicted molar refractivity (Wildman–Crippen MR) is 68.6 cm³/mol. The Bertz CT molecular complexity index is 753. The zero-order valence-electron chi connectivity index (χ0n) is 10.2. The van der Waals surface area contributed by atoms with Gasteiger partial charge < -0.3 is 10.5 Å². The van der Waals surface area contributed by atoms with E-state index < -0.39 is 0 Å². The lowest BCUT2D eigenvalue weighted by Gasteiger charge is -2.07. The summed E-state index contributed by atoms with van der Waals surface area (Å²) in [5.41, 5.74) is 6.76. The van der Waals surface area contributed by atoms with Crippen molar-refractivity contribution in [1.29, 1.82) is 0 Å². The van der Waals surface area contributed by atoms with Gasteiger partial charge in [-0.1, -0.05) is 6.07 Å². The highest BCUT2D eigenvalue weighted by molar-refractivity contribution is 5.54. The highest BCUT2D eigenvalue weighted by Gasteiger charge is 2.09. The number of hydrogen-bond donors (Lipinski definition) is 1. The van der Waals surface area contributed by atoms with Crippen LogP contribution in [0.5, 0.6) is 11.6 Å². The first kappa shape index (κ1) is 11.5. The summed E-state index contributed by atoms with van der Waals surface area (Å²) in [6.45, 7) is 1.69. The second-order valence-electron chi connectivity index (χ2n) is 4.14. The lowest BCUT2D eigenvalue weighted by molar-refractivity contribution is 0.460. The van der Waals surface area contributed by atoms with Crippen LogP contribution in [0.15, 0.2) is 36.8 Å². The summed E-state index contributed by atoms with van der Waals surface area (Å²) in [6.07, 6.45) is 4.97. The third-order valence-corrected chi connectivity index (χ3v) is 2.72. The number of benzene rings is 1. The van der Waals surface area contributed by atoms with Gasteiger partial charge in [0.1, 0.15) is 17.4 Å². The molecular weight excluding hydrogens is 247 g/mol. The summed E-state index contributed by atoms with van der Waals surface area (Å²) in [4.78, 5) is 8.19. The average molecular weight is 258 g/mol. The molecule has 2 aromatic heterocycles. The van der Waals surface area contributed by atoms with Crippen molar-refractivity contribution in [3.8, 4) is 11.6 Å². The van der Waals surface area contributed by atoms with E-state index in [9.17, 15) is 4.39 Å². The lowest BCUT2D eigenvalue weighted by atomic mass is 10.2. The Morgan fingerprint density at radius 2 is 2.21 bits per heavy atom. The quantitative estimate of drug-likeness (QED) is 0.767. The number of imidazole rings is 1. The molecule has 2 heterocycles. The van der Waals surface area contributed by atoms with E-state index in [1.807, 2.05) is 0 Å². The Morgan fingerprint density at radius 3 is 3.00 bits per heavy atom. The minimum Gasteiger partial charge on any atom is -0.436 e. The number of halogens is 1. The van der Waals surface area contributed by atoms with Gasteiger partial charge in [-0.15, -0.1) is 0 Å². The van der Waals surface area contributed by atoms with Crippen molar-refractivity contribution in [2.75, 3.05) is 5.73 Å². The molecule has 3 rings (SSSR count). The van der Waals surface area contributed by atoms with E-state index in [-0.39, 0.29) is 11.7 Å². The van der Waals surface area contributed by atoms with Crippen molar-refractivity contribution in [1.82, 2.24) is 14.4 Å². The fourth-order valence-electron chi connectivity index (χ4n) is 1.74. The molecular formula is C13H11FN4O. The molecule has 0 saturated heterocycles. The molecule has 0 aliphatic carbocycles. The minimum atomic E-state index is -0.333. The van der Waals surface area contributed by atoms with Crippen molar-refractivity contribution in [2.45, 2.75) is 6.92 Å². The Morgan fingerprint density at radius 1 is 1.37 bits per heavy atom. The van der Waals surface area contributed by atoms with Crippen LogP contribution in [0, 0.1) is 12.7 Å². The van der Waals surface area contributed by atoms with E-state index >= 15 is 0 Å². The van der Waals surface area contributed by atoms with Crippen LogP contribution in [0.3, 0.4) is 0 Å². The third kappa shape index (κ3) is 2.08. The standard InChI is InChI=1S/C13H11FN4O/c1-8-2-3-9(6-10(8)14)19-13-12-16-4-5-18(12)7-11(15)17-13/h2-7H,15H2,1H3. The van der Waals surface area contributed by atoms with Gasteiger partial charge in [0.15, 0.2) is 0 Å². The fraction of sp³-hybridized carbons (Fsp3) is 0.0769. The number of ether oxygens (including phenoxy) is 1. The van der Waals surface area contributed by atoms with Crippen LogP contribution >= 0.6 is 0 Å². The topological polar surface area (TPSA) is 65.4 Å². The maximum absolute atomic E-state index is 13.5. The van der Waals surface area contributed by atoms with Gasteiger partial charge in [0.25, 0.3) is 5.88 Å². The fourth-order valence-corrected chi connectivity index (χ4v) is 1.74. The number of fused-ring (bicyclic) bond motifs is 1. The number of aromatic nitrogens is 3. The average Bonchev–Trinajstić information content (AvgIpc) is 2.82. The summed E-state index contributed by atoms with van der Waals surface area (Å²) < 4.78 is 20.7. The summed E-state index contributed by atoms with van der Waals surface area (Å²) in [5.74, 6) is 0.563. The van der Waals surface area contributed by atoms with E-state index in [0.29, 0.717) is 22.8 Å². The number of hydrogen-bond acceptors (Lipinski definition) is 4. The van der Waals surface area contributed by atoms with Crippen molar-refractivity contribution in [3.05, 3.63) is 48.2 Å². The molecule has 0 spiro atoms. The minimum absolute atomic E-state index is 0.244. The number of nitrogens with zero attached hydrogens (tertiary/aromatic N) is 3. The largest absolute Gasteiger partial charge is 0.436 e. The summed E-state index contributed by atoms with van der Waals surface area (Å²) >= 11 is 0. The van der Waals surface area contributed by atoms with Gasteiger partial charge in [0.05, 0.1) is 6.20 Å². The van der Waals surface area contributed by atoms with E-state index in [0.717, 1.165) is 0 Å². The van der Waals surface area contributed by atoms with E-state index in [1.54, 1.807) is 42.0 Å². The van der Waals surface area contributed by atoms with Crippen LogP contribution < -0.4 is 10.5 Å². The number of nitrogens with two attached hydrogens (primary N) is 1. The van der Waals surface area contributed by atoms with Crippen LogP contribution in [-0.2, 0) is 0 Å². The van der Waals surface area contributed by atoms with Crippen LogP contribution in [-0.4, -0.2) is 14.4 Å². The maximum atomic E-state index is 13.5. The molecule has 0 atom stereocenters. The molecule has 3 aromatic rings. The highest BCUT2D eigenvalue weighted by atomic mass is 19.1. The van der Waals surface area contributed by atoms with Gasteiger partial charge in [-0.05, 0) is 18.6 Å². The van der Waals surface area contributed by atoms with Gasteiger partial charge in [-0.25, -0.2) is 9.37 Å². The molecule has 2 N–H and O–H groups in total. The van der Waals surface area contributed by atoms with E-state index in [1.165, 1.54) is 6.07 Å². The van der Waals surface area contributed by atoms with Gasteiger partial charge in [-0.2, -0.15) is 4.98 Å². The molecule has 1 aromatic carbocycles. The molecule has 19 heavy (non-hydrogen) atoms. The molecule has 0 saturated carbocycles. The smallest absolute Gasteiger partial charge is 0.265 e. The van der Waals surface area contributed by atoms with Crippen molar-refractivity contribution in [2.24, 2.45) is 0 Å². The molecule has 0 radical (unpaired) electrons. The van der Waals surface area contributed by atoms with Crippen LogP contribution in [0.4, 0.5) is 10.2 Å².